The summed E-state index contributed by atoms with van der Waals surface area (Å²) in [4.78, 5) is 26.2. The number of benzene rings is 12. The van der Waals surface area contributed by atoms with Crippen molar-refractivity contribution >= 4 is 145 Å². The van der Waals surface area contributed by atoms with Crippen molar-refractivity contribution < 1.29 is 102 Å². The molecule has 0 spiro atoms. The quantitative estimate of drug-likeness (QED) is 0.0628. The van der Waals surface area contributed by atoms with Gasteiger partial charge < -0.3 is 75.8 Å². The van der Waals surface area contributed by atoms with E-state index in [-0.39, 0.29) is 133 Å². The van der Waals surface area contributed by atoms with Crippen LogP contribution in [-0.4, -0.2) is 99.7 Å². The number of hydrogen-bond donors (Lipinski definition) is 0. The zero-order valence-electron chi connectivity index (χ0n) is 65.4. The van der Waals surface area contributed by atoms with E-state index in [0.717, 1.165) is 135 Å². The van der Waals surface area contributed by atoms with Crippen LogP contribution < -0.4 is 0 Å². The maximum absolute atomic E-state index is 5.02. The minimum absolute atomic E-state index is 0. The molecule has 0 saturated heterocycles. The van der Waals surface area contributed by atoms with Gasteiger partial charge in [0.05, 0.1) is 34.2 Å². The summed E-state index contributed by atoms with van der Waals surface area (Å²) in [6.45, 7) is 0. The number of aromatic nitrogens is 18. The topological polar surface area (TPSA) is 232 Å². The van der Waals surface area contributed by atoms with Gasteiger partial charge in [-0.2, -0.15) is 30.6 Å². The Hall–Kier alpha value is -9.12. The fourth-order valence-electron chi connectivity index (χ4n) is 11.4. The van der Waals surface area contributed by atoms with Gasteiger partial charge in [0.1, 0.15) is 34.2 Å². The van der Waals surface area contributed by atoms with Crippen LogP contribution in [0.5, 0.6) is 0 Å². The van der Waals surface area contributed by atoms with Gasteiger partial charge in [-0.15, -0.1) is 30.6 Å². The van der Waals surface area contributed by atoms with E-state index in [9.17, 15) is 0 Å². The molecule has 0 aliphatic carbocycles. The van der Waals surface area contributed by atoms with Crippen molar-refractivity contribution in [2.24, 2.45) is 0 Å². The molecule has 128 heavy (non-hydrogen) atoms. The smallest absolute Gasteiger partial charge is 0.738 e. The molecule has 664 valence electrons. The molecule has 0 aliphatic rings. The molecule has 0 radical (unpaired) electrons. The molecule has 0 fully saturated rings. The molecule has 12 aromatic carbocycles. The molecule has 18 nitrogen and oxygen atoms in total. The summed E-state index contributed by atoms with van der Waals surface area (Å²) in [6, 6.07) is 119. The molecule has 36 heteroatoms. The van der Waals surface area contributed by atoms with Gasteiger partial charge >= 0.3 is 102 Å². The minimum Gasteiger partial charge on any atom is -0.738 e. The summed E-state index contributed by atoms with van der Waals surface area (Å²) in [5, 5.41) is 50.2. The number of nitrogens with zero attached hydrogens (tertiary/aromatic N) is 18. The van der Waals surface area contributed by atoms with Crippen molar-refractivity contribution in [3.8, 4) is 135 Å². The molecule has 18 aromatic rings. The first-order chi connectivity index (χ1) is 59.5. The molecule has 0 bridgehead atoms. The van der Waals surface area contributed by atoms with Gasteiger partial charge in [-0.3, -0.25) is 29.9 Å². The molecule has 0 saturated carbocycles. The van der Waals surface area contributed by atoms with Crippen molar-refractivity contribution in [2.45, 2.75) is 39.5 Å². The van der Waals surface area contributed by atoms with Gasteiger partial charge in [0.25, 0.3) is 0 Å². The van der Waals surface area contributed by atoms with E-state index >= 15 is 0 Å². The molecular formula is C92H62Cl6Cu6N18S6. The summed E-state index contributed by atoms with van der Waals surface area (Å²) >= 11 is 59.0. The molecule has 0 atom stereocenters. The molecule has 0 amide bonds. The Bertz CT molecular complexity index is 5250. The fraction of sp³-hybridized carbons (Fsp3) is 0.0217. The molecule has 0 aliphatic heterocycles. The molecule has 18 rings (SSSR count). The first-order valence-electron chi connectivity index (χ1n) is 36.5. The molecular weight excluding hydrogens is 2140 g/mol. The van der Waals surface area contributed by atoms with Crippen molar-refractivity contribution in [1.29, 1.82) is 0 Å². The predicted octanol–water partition coefficient (Wildman–Crippen LogP) is 22.6. The predicted molar refractivity (Wildman–Crippen MR) is 501 cm³/mol. The van der Waals surface area contributed by atoms with Gasteiger partial charge in [0.15, 0.2) is 8.59 Å². The standard InChI is InChI=1S/6C15H11N3S.2CHCl3.6Cu/c6*19-15-16-13(11-7-3-1-4-8-11)14(17-18-15)12-9-5-2-6-10-12;2*2-1(3)4;;;;;;/h6*1-10H,(H,16,18,19);2*1H;;;;;;/q;;;;;;;;6*+1/p-6. The SMILES string of the molecule is ClC(Cl)Cl.ClC(Cl)Cl.[Cu+].[Cu+].[Cu+].[Cu+].[Cu+].[Cu+].[S-]c1nnc(-c2ccccc2)c(-c2ccccc2)n1.[S-]c1nnc(-c2ccccc2)c(-c2ccccc2)n1.[S-]c1nnc(-c2ccccc2)c(-c2ccccc2)n1.[S-]c1nnc(-c2ccccc2)c(-c2ccccc2)n1.[S-]c1nnc(-c2ccccc2)c(-c2ccccc2)n1.[S-]c1nnc(-c2ccccc2)c(-c2ccccc2)n1. The molecule has 0 N–H and O–H groups in total. The van der Waals surface area contributed by atoms with E-state index in [2.05, 4.69) is 91.1 Å². The monoisotopic (exact) mass is 2200 g/mol. The Morgan fingerprint density at radius 1 is 0.133 bits per heavy atom. The summed E-state index contributed by atoms with van der Waals surface area (Å²) in [6.07, 6.45) is 0. The number of alkyl halides is 6. The average molecular weight is 2210 g/mol. The normalized spacial score (nSPS) is 9.75. The van der Waals surface area contributed by atoms with Crippen LogP contribution in [0.3, 0.4) is 0 Å². The van der Waals surface area contributed by atoms with E-state index in [1.54, 1.807) is 0 Å². The number of halogens is 6. The second kappa shape index (κ2) is 59.2. The number of hydrogen-bond acceptors (Lipinski definition) is 24. The Morgan fingerprint density at radius 2 is 0.211 bits per heavy atom. The average Bonchev–Trinajstić information content (AvgIpc) is 0.841. The Balaban J connectivity index is 0.000000265. The second-order valence-corrected chi connectivity index (χ2v) is 30.8. The van der Waals surface area contributed by atoms with Crippen LogP contribution in [0.1, 0.15) is 0 Å². The second-order valence-electron chi connectivity index (χ2n) is 24.6. The van der Waals surface area contributed by atoms with Gasteiger partial charge in [0.2, 0.25) is 0 Å². The third kappa shape index (κ3) is 34.6. The van der Waals surface area contributed by atoms with E-state index in [1.807, 2.05) is 364 Å². The van der Waals surface area contributed by atoms with Gasteiger partial charge in [-0.1, -0.05) is 434 Å². The largest absolute Gasteiger partial charge is 1.00 e. The van der Waals surface area contributed by atoms with Gasteiger partial charge in [-0.05, 0) is 0 Å². The maximum Gasteiger partial charge on any atom is 1.00 e. The summed E-state index contributed by atoms with van der Waals surface area (Å²) in [7, 11) is 0. The Morgan fingerprint density at radius 3 is 0.297 bits per heavy atom. The van der Waals surface area contributed by atoms with Crippen molar-refractivity contribution in [2.75, 3.05) is 0 Å². The van der Waals surface area contributed by atoms with Crippen LogP contribution >= 0.6 is 69.6 Å². The van der Waals surface area contributed by atoms with Crippen molar-refractivity contribution in [1.82, 2.24) is 91.1 Å². The summed E-state index contributed by atoms with van der Waals surface area (Å²) in [5.74, 6) is 0. The van der Waals surface area contributed by atoms with Crippen LogP contribution in [0, 0.1) is 0 Å². The van der Waals surface area contributed by atoms with E-state index in [0.29, 0.717) is 0 Å². The molecule has 0 unspecified atom stereocenters. The van der Waals surface area contributed by atoms with Crippen LogP contribution in [0.15, 0.2) is 395 Å². The Kier molecular flexibility index (Phi) is 50.6. The summed E-state index contributed by atoms with van der Waals surface area (Å²) in [5.41, 5.74) is 20.9. The van der Waals surface area contributed by atoms with E-state index in [4.69, 9.17) is 145 Å². The van der Waals surface area contributed by atoms with E-state index < -0.39 is 8.59 Å². The zero-order chi connectivity index (χ0) is 85.6. The Labute approximate surface area is 867 Å². The number of rotatable bonds is 12. The third-order valence-electron chi connectivity index (χ3n) is 16.6. The molecule has 6 heterocycles. The maximum atomic E-state index is 5.02. The van der Waals surface area contributed by atoms with Crippen molar-refractivity contribution in [3.05, 3.63) is 364 Å². The minimum atomic E-state index is -0.750. The van der Waals surface area contributed by atoms with Crippen molar-refractivity contribution in [3.63, 3.8) is 0 Å². The van der Waals surface area contributed by atoms with Crippen LogP contribution in [0.4, 0.5) is 0 Å². The third-order valence-corrected chi connectivity index (χ3v) is 17.6. The fourth-order valence-corrected chi connectivity index (χ4v) is 12.2. The first-order valence-corrected chi connectivity index (χ1v) is 41.6. The van der Waals surface area contributed by atoms with Crippen LogP contribution in [0.25, 0.3) is 135 Å². The van der Waals surface area contributed by atoms with Gasteiger partial charge in [0, 0.05) is 97.7 Å². The summed E-state index contributed by atoms with van der Waals surface area (Å²) < 4.78 is -1.50. The zero-order valence-corrected chi connectivity index (χ0v) is 80.5. The van der Waals surface area contributed by atoms with Crippen LogP contribution in [0.2, 0.25) is 0 Å². The molecule has 6 aromatic heterocycles. The first kappa shape index (κ1) is 109. The van der Waals surface area contributed by atoms with E-state index in [1.165, 1.54) is 0 Å². The van der Waals surface area contributed by atoms with Crippen LogP contribution in [-0.2, 0) is 178 Å². The van der Waals surface area contributed by atoms with Gasteiger partial charge in [-0.25, -0.2) is 0 Å².